The van der Waals surface area contributed by atoms with E-state index < -0.39 is 24.0 Å². The molecule has 0 spiro atoms. The standard InChI is InChI=1S/C11H21N3O5S2/c1-2-19-14-7(3-20-5-8(12)10(15)16)4-21-6-9(13)11(17)18/h8-9H,2-6,12-13H2,1H3,(H,15,16)(H,17,18). The molecule has 0 saturated carbocycles. The lowest BCUT2D eigenvalue weighted by Gasteiger charge is -2.09. The van der Waals surface area contributed by atoms with Gasteiger partial charge in [0.25, 0.3) is 0 Å². The van der Waals surface area contributed by atoms with Crippen LogP contribution in [0.15, 0.2) is 5.16 Å². The average Bonchev–Trinajstić information content (AvgIpc) is 2.43. The summed E-state index contributed by atoms with van der Waals surface area (Å²) in [6.45, 7) is 2.21. The number of hydrogen-bond donors (Lipinski definition) is 4. The molecule has 0 rings (SSSR count). The van der Waals surface area contributed by atoms with Crippen molar-refractivity contribution in [3.63, 3.8) is 0 Å². The number of carbonyl (C=O) groups is 2. The Balaban J connectivity index is 4.15. The predicted octanol–water partition coefficient (Wildman–Crippen LogP) is -0.331. The fourth-order valence-electron chi connectivity index (χ4n) is 1.00. The highest BCUT2D eigenvalue weighted by atomic mass is 32.2. The van der Waals surface area contributed by atoms with E-state index in [4.69, 9.17) is 26.5 Å². The molecule has 8 nitrogen and oxygen atoms in total. The first-order valence-electron chi connectivity index (χ1n) is 6.18. The second kappa shape index (κ2) is 11.7. The Morgan fingerprint density at radius 3 is 1.86 bits per heavy atom. The Labute approximate surface area is 131 Å². The normalized spacial score (nSPS) is 13.3. The Kier molecular flexibility index (Phi) is 11.1. The van der Waals surface area contributed by atoms with Gasteiger partial charge >= 0.3 is 11.9 Å². The largest absolute Gasteiger partial charge is 0.480 e. The summed E-state index contributed by atoms with van der Waals surface area (Å²) in [4.78, 5) is 26.2. The van der Waals surface area contributed by atoms with Gasteiger partial charge < -0.3 is 26.5 Å². The summed E-state index contributed by atoms with van der Waals surface area (Å²) in [5.41, 5.74) is 11.5. The second-order valence-electron chi connectivity index (χ2n) is 4.00. The number of carboxylic acid groups (broad SMARTS) is 2. The van der Waals surface area contributed by atoms with Crippen LogP contribution in [0, 0.1) is 0 Å². The highest BCUT2D eigenvalue weighted by Gasteiger charge is 2.14. The first-order valence-corrected chi connectivity index (χ1v) is 8.49. The van der Waals surface area contributed by atoms with Gasteiger partial charge in [0, 0.05) is 23.0 Å². The molecule has 0 aromatic rings. The van der Waals surface area contributed by atoms with Gasteiger partial charge in [-0.2, -0.15) is 23.5 Å². The van der Waals surface area contributed by atoms with Gasteiger partial charge in [0.2, 0.25) is 0 Å². The Morgan fingerprint density at radius 1 is 1.10 bits per heavy atom. The number of carboxylic acids is 2. The van der Waals surface area contributed by atoms with Gasteiger partial charge in [-0.3, -0.25) is 9.59 Å². The smallest absolute Gasteiger partial charge is 0.321 e. The van der Waals surface area contributed by atoms with Crippen LogP contribution in [-0.2, 0) is 14.4 Å². The molecule has 6 N–H and O–H groups in total. The summed E-state index contributed by atoms with van der Waals surface area (Å²) in [5.74, 6) is -0.633. The lowest BCUT2D eigenvalue weighted by atomic mass is 10.4. The maximum Gasteiger partial charge on any atom is 0.321 e. The minimum Gasteiger partial charge on any atom is -0.480 e. The van der Waals surface area contributed by atoms with E-state index in [1.54, 1.807) is 6.92 Å². The lowest BCUT2D eigenvalue weighted by molar-refractivity contribution is -0.138. The van der Waals surface area contributed by atoms with Crippen LogP contribution in [0.2, 0.25) is 0 Å². The van der Waals surface area contributed by atoms with E-state index in [1.165, 1.54) is 23.5 Å². The minimum atomic E-state index is -1.05. The van der Waals surface area contributed by atoms with Crippen molar-refractivity contribution in [2.45, 2.75) is 19.0 Å². The van der Waals surface area contributed by atoms with Gasteiger partial charge in [-0.15, -0.1) is 0 Å². The maximum absolute atomic E-state index is 10.6. The molecule has 0 bridgehead atoms. The van der Waals surface area contributed by atoms with Crippen molar-refractivity contribution in [3.8, 4) is 0 Å². The van der Waals surface area contributed by atoms with Crippen LogP contribution in [0.3, 0.4) is 0 Å². The molecule has 10 heteroatoms. The third-order valence-electron chi connectivity index (χ3n) is 2.09. The first kappa shape index (κ1) is 20.0. The monoisotopic (exact) mass is 339 g/mol. The molecule has 0 amide bonds. The van der Waals surface area contributed by atoms with Gasteiger partial charge in [0.05, 0.1) is 5.71 Å². The van der Waals surface area contributed by atoms with Crippen LogP contribution >= 0.6 is 23.5 Å². The molecule has 122 valence electrons. The van der Waals surface area contributed by atoms with Crippen molar-refractivity contribution in [3.05, 3.63) is 0 Å². The number of thioether (sulfide) groups is 2. The van der Waals surface area contributed by atoms with E-state index >= 15 is 0 Å². The lowest BCUT2D eigenvalue weighted by Crippen LogP contribution is -2.33. The van der Waals surface area contributed by atoms with Gasteiger partial charge in [0.1, 0.15) is 18.7 Å². The third kappa shape index (κ3) is 10.4. The van der Waals surface area contributed by atoms with Crippen molar-refractivity contribution in [2.24, 2.45) is 16.6 Å². The molecule has 0 aliphatic rings. The van der Waals surface area contributed by atoms with Crippen LogP contribution in [0.4, 0.5) is 0 Å². The van der Waals surface area contributed by atoms with Crippen LogP contribution in [-0.4, -0.2) is 69.6 Å². The molecule has 0 aromatic heterocycles. The van der Waals surface area contributed by atoms with Crippen molar-refractivity contribution >= 4 is 41.2 Å². The number of aliphatic carboxylic acids is 2. The Hall–Kier alpha value is -0.970. The number of oxime groups is 1. The summed E-state index contributed by atoms with van der Waals surface area (Å²) in [6, 6.07) is -1.84. The second-order valence-corrected chi connectivity index (χ2v) is 6.06. The maximum atomic E-state index is 10.6. The Morgan fingerprint density at radius 2 is 1.52 bits per heavy atom. The van der Waals surface area contributed by atoms with Crippen molar-refractivity contribution in [1.29, 1.82) is 0 Å². The molecule has 0 heterocycles. The van der Waals surface area contributed by atoms with Crippen LogP contribution in [0.25, 0.3) is 0 Å². The van der Waals surface area contributed by atoms with Crippen LogP contribution in [0.5, 0.6) is 0 Å². The fourth-order valence-corrected chi connectivity index (χ4v) is 2.94. The summed E-state index contributed by atoms with van der Waals surface area (Å²) >= 11 is 2.67. The van der Waals surface area contributed by atoms with Gasteiger partial charge in [-0.05, 0) is 6.92 Å². The van der Waals surface area contributed by atoms with Crippen molar-refractivity contribution in [1.82, 2.24) is 0 Å². The summed E-state index contributed by atoms with van der Waals surface area (Å²) < 4.78 is 0. The van der Waals surface area contributed by atoms with E-state index in [9.17, 15) is 9.59 Å². The van der Waals surface area contributed by atoms with Crippen molar-refractivity contribution < 1.29 is 24.6 Å². The zero-order valence-electron chi connectivity index (χ0n) is 11.7. The molecule has 21 heavy (non-hydrogen) atoms. The number of rotatable bonds is 12. The van der Waals surface area contributed by atoms with Gasteiger partial charge in [-0.1, -0.05) is 5.16 Å². The summed E-state index contributed by atoms with van der Waals surface area (Å²) in [6.07, 6.45) is 0. The Bertz CT molecular complexity index is 340. The zero-order valence-corrected chi connectivity index (χ0v) is 13.4. The molecule has 0 aliphatic heterocycles. The zero-order chi connectivity index (χ0) is 16.3. The minimum absolute atomic E-state index is 0.264. The number of hydrogen-bond acceptors (Lipinski definition) is 8. The quantitative estimate of drug-likeness (QED) is 0.277. The molecular weight excluding hydrogens is 318 g/mol. The van der Waals surface area contributed by atoms with E-state index in [-0.39, 0.29) is 11.5 Å². The first-order chi connectivity index (χ1) is 9.88. The van der Waals surface area contributed by atoms with E-state index in [1.807, 2.05) is 0 Å². The molecule has 0 radical (unpaired) electrons. The number of nitrogens with two attached hydrogens (primary N) is 2. The summed E-state index contributed by atoms with van der Waals surface area (Å²) in [7, 11) is 0. The van der Waals surface area contributed by atoms with Crippen molar-refractivity contribution in [2.75, 3.05) is 29.6 Å². The van der Waals surface area contributed by atoms with Crippen LogP contribution in [0.1, 0.15) is 6.92 Å². The highest BCUT2D eigenvalue weighted by molar-refractivity contribution is 8.01. The molecule has 0 aliphatic carbocycles. The molecule has 2 unspecified atom stereocenters. The molecule has 0 saturated heterocycles. The van der Waals surface area contributed by atoms with E-state index in [0.29, 0.717) is 23.8 Å². The SMILES string of the molecule is CCON=C(CSCC(N)C(=O)O)CSCC(N)C(=O)O. The van der Waals surface area contributed by atoms with E-state index in [0.717, 1.165) is 0 Å². The van der Waals surface area contributed by atoms with E-state index in [2.05, 4.69) is 5.16 Å². The highest BCUT2D eigenvalue weighted by Crippen LogP contribution is 2.09. The fraction of sp³-hybridized carbons (Fsp3) is 0.727. The predicted molar refractivity (Wildman–Crippen MR) is 84.9 cm³/mol. The van der Waals surface area contributed by atoms with Gasteiger partial charge in [-0.25, -0.2) is 0 Å². The van der Waals surface area contributed by atoms with Crippen LogP contribution < -0.4 is 11.5 Å². The topological polar surface area (TPSA) is 148 Å². The summed E-state index contributed by atoms with van der Waals surface area (Å²) in [5, 5.41) is 21.3. The van der Waals surface area contributed by atoms with Gasteiger partial charge in [0.15, 0.2) is 0 Å². The molecule has 0 fully saturated rings. The third-order valence-corrected chi connectivity index (χ3v) is 4.35. The number of nitrogens with zero attached hydrogens (tertiary/aromatic N) is 1. The molecular formula is C11H21N3O5S2. The average molecular weight is 339 g/mol. The molecule has 0 aromatic carbocycles. The molecule has 2 atom stereocenters.